The van der Waals surface area contributed by atoms with Crippen molar-refractivity contribution in [3.8, 4) is 0 Å². The number of rotatable bonds is 4. The van der Waals surface area contributed by atoms with Crippen molar-refractivity contribution in [3.63, 3.8) is 0 Å². The molecule has 0 radical (unpaired) electrons. The molecule has 3 nitrogen and oxygen atoms in total. The van der Waals surface area contributed by atoms with Crippen molar-refractivity contribution in [2.45, 2.75) is 33.2 Å². The second-order valence-electron chi connectivity index (χ2n) is 4.42. The van der Waals surface area contributed by atoms with Crippen LogP contribution in [-0.4, -0.2) is 18.1 Å². The third kappa shape index (κ3) is 2.86. The van der Waals surface area contributed by atoms with E-state index in [9.17, 15) is 0 Å². The van der Waals surface area contributed by atoms with Gasteiger partial charge in [0.05, 0.1) is 12.6 Å². The van der Waals surface area contributed by atoms with Crippen LogP contribution in [0.15, 0.2) is 24.0 Å². The Morgan fingerprint density at radius 1 is 1.35 bits per heavy atom. The molecule has 1 N–H and O–H groups in total. The van der Waals surface area contributed by atoms with Gasteiger partial charge in [0, 0.05) is 17.8 Å². The highest BCUT2D eigenvalue weighted by Crippen LogP contribution is 2.27. The summed E-state index contributed by atoms with van der Waals surface area (Å²) in [4.78, 5) is 4.42. The van der Waals surface area contributed by atoms with Gasteiger partial charge in [0.15, 0.2) is 0 Å². The van der Waals surface area contributed by atoms with Crippen LogP contribution in [0.1, 0.15) is 36.3 Å². The van der Waals surface area contributed by atoms with Gasteiger partial charge in [0.25, 0.3) is 0 Å². The molecule has 0 bridgehead atoms. The average molecular weight is 232 g/mol. The molecule has 1 unspecified atom stereocenters. The lowest BCUT2D eigenvalue weighted by Crippen LogP contribution is -2.23. The fourth-order valence-corrected chi connectivity index (χ4v) is 2.26. The molecule has 1 aromatic rings. The minimum absolute atomic E-state index is 0.169. The van der Waals surface area contributed by atoms with Gasteiger partial charge in [-0.2, -0.15) is 0 Å². The zero-order chi connectivity index (χ0) is 12.3. The topological polar surface area (TPSA) is 34.1 Å². The number of nitrogens with one attached hydrogen (secondary N) is 1. The van der Waals surface area contributed by atoms with Crippen LogP contribution in [0, 0.1) is 13.8 Å². The summed E-state index contributed by atoms with van der Waals surface area (Å²) in [5.41, 5.74) is 3.35. The molecule has 0 saturated heterocycles. The summed E-state index contributed by atoms with van der Waals surface area (Å²) in [6.07, 6.45) is 3.19. The highest BCUT2D eigenvalue weighted by molar-refractivity contribution is 5.29. The van der Waals surface area contributed by atoms with Gasteiger partial charge >= 0.3 is 0 Å². The third-order valence-electron chi connectivity index (χ3n) is 2.86. The molecule has 1 aliphatic rings. The average Bonchev–Trinajstić information content (AvgIpc) is 2.77. The summed E-state index contributed by atoms with van der Waals surface area (Å²) in [6, 6.07) is 4.42. The van der Waals surface area contributed by atoms with Crippen molar-refractivity contribution < 1.29 is 4.74 Å². The normalized spacial score (nSPS) is 16.5. The van der Waals surface area contributed by atoms with E-state index in [2.05, 4.69) is 35.4 Å². The first-order chi connectivity index (χ1) is 8.20. The molecule has 0 aromatic carbocycles. The highest BCUT2D eigenvalue weighted by Gasteiger charge is 2.20. The van der Waals surface area contributed by atoms with Crippen molar-refractivity contribution in [2.75, 3.05) is 13.2 Å². The zero-order valence-electron chi connectivity index (χ0n) is 10.8. The fourth-order valence-electron chi connectivity index (χ4n) is 2.26. The Hall–Kier alpha value is -1.35. The maximum atomic E-state index is 5.68. The number of aryl methyl sites for hydroxylation is 2. The molecule has 3 heteroatoms. The van der Waals surface area contributed by atoms with Gasteiger partial charge in [0.2, 0.25) is 0 Å². The van der Waals surface area contributed by atoms with E-state index in [1.54, 1.807) is 0 Å². The van der Waals surface area contributed by atoms with Crippen LogP contribution >= 0.6 is 0 Å². The van der Waals surface area contributed by atoms with Gasteiger partial charge in [-0.1, -0.05) is 6.92 Å². The van der Waals surface area contributed by atoms with Gasteiger partial charge in [-0.3, -0.25) is 4.98 Å². The first-order valence-electron chi connectivity index (χ1n) is 6.22. The second kappa shape index (κ2) is 5.32. The number of hydrogen-bond donors (Lipinski definition) is 1. The minimum Gasteiger partial charge on any atom is -0.496 e. The number of aromatic nitrogens is 1. The third-order valence-corrected chi connectivity index (χ3v) is 2.86. The van der Waals surface area contributed by atoms with Gasteiger partial charge in [-0.05, 0) is 44.2 Å². The van der Waals surface area contributed by atoms with Crippen LogP contribution in [-0.2, 0) is 4.74 Å². The molecule has 2 heterocycles. The van der Waals surface area contributed by atoms with E-state index < -0.39 is 0 Å². The van der Waals surface area contributed by atoms with Gasteiger partial charge < -0.3 is 10.1 Å². The van der Waals surface area contributed by atoms with E-state index in [0.29, 0.717) is 0 Å². The van der Waals surface area contributed by atoms with Crippen molar-refractivity contribution in [2.24, 2.45) is 0 Å². The van der Waals surface area contributed by atoms with E-state index in [1.165, 1.54) is 5.56 Å². The zero-order valence-corrected chi connectivity index (χ0v) is 10.8. The lowest BCUT2D eigenvalue weighted by Gasteiger charge is -2.20. The van der Waals surface area contributed by atoms with Gasteiger partial charge in [0.1, 0.15) is 5.76 Å². The lowest BCUT2D eigenvalue weighted by molar-refractivity contribution is 0.216. The van der Waals surface area contributed by atoms with E-state index >= 15 is 0 Å². The fraction of sp³-hybridized carbons (Fsp3) is 0.500. The van der Waals surface area contributed by atoms with Crippen molar-refractivity contribution >= 4 is 0 Å². The Morgan fingerprint density at radius 3 is 2.59 bits per heavy atom. The SMILES string of the molecule is CCNC(C1=CCCO1)c1cc(C)nc(C)c1. The molecule has 0 saturated carbocycles. The standard InChI is InChI=1S/C14H20N2O/c1-4-15-14(13-6-5-7-17-13)12-8-10(2)16-11(3)9-12/h6,8-9,14-15H,4-5,7H2,1-3H3. The molecular weight excluding hydrogens is 212 g/mol. The first kappa shape index (κ1) is 12.1. The van der Waals surface area contributed by atoms with E-state index in [0.717, 1.165) is 36.7 Å². The maximum absolute atomic E-state index is 5.68. The Kier molecular flexibility index (Phi) is 3.79. The Labute approximate surface area is 103 Å². The van der Waals surface area contributed by atoms with Crippen LogP contribution < -0.4 is 5.32 Å². The van der Waals surface area contributed by atoms with Crippen LogP contribution in [0.2, 0.25) is 0 Å². The minimum atomic E-state index is 0.169. The lowest BCUT2D eigenvalue weighted by atomic mass is 10.0. The van der Waals surface area contributed by atoms with Crippen LogP contribution in [0.4, 0.5) is 0 Å². The van der Waals surface area contributed by atoms with E-state index in [1.807, 2.05) is 13.8 Å². The van der Waals surface area contributed by atoms with E-state index in [-0.39, 0.29) is 6.04 Å². The molecule has 17 heavy (non-hydrogen) atoms. The molecule has 1 aliphatic heterocycles. The summed E-state index contributed by atoms with van der Waals surface area (Å²) in [7, 11) is 0. The molecule has 0 aliphatic carbocycles. The van der Waals surface area contributed by atoms with Crippen LogP contribution in [0.3, 0.4) is 0 Å². The number of likely N-dealkylation sites (N-methyl/N-ethyl adjacent to an activating group) is 1. The molecule has 0 spiro atoms. The van der Waals surface area contributed by atoms with Crippen molar-refractivity contribution in [1.82, 2.24) is 10.3 Å². The Bertz CT molecular complexity index is 406. The first-order valence-corrected chi connectivity index (χ1v) is 6.22. The smallest absolute Gasteiger partial charge is 0.114 e. The molecule has 2 rings (SSSR count). The van der Waals surface area contributed by atoms with E-state index in [4.69, 9.17) is 4.74 Å². The van der Waals surface area contributed by atoms with Gasteiger partial charge in [-0.15, -0.1) is 0 Å². The summed E-state index contributed by atoms with van der Waals surface area (Å²) < 4.78 is 5.68. The molecule has 0 fully saturated rings. The highest BCUT2D eigenvalue weighted by atomic mass is 16.5. The number of nitrogens with zero attached hydrogens (tertiary/aromatic N) is 1. The van der Waals surface area contributed by atoms with Crippen LogP contribution in [0.25, 0.3) is 0 Å². The van der Waals surface area contributed by atoms with Gasteiger partial charge in [-0.25, -0.2) is 0 Å². The van der Waals surface area contributed by atoms with Crippen molar-refractivity contribution in [3.05, 3.63) is 40.9 Å². The molecule has 1 aromatic heterocycles. The number of hydrogen-bond acceptors (Lipinski definition) is 3. The van der Waals surface area contributed by atoms with Crippen molar-refractivity contribution in [1.29, 1.82) is 0 Å². The predicted molar refractivity (Wildman–Crippen MR) is 68.8 cm³/mol. The molecule has 92 valence electrons. The summed E-state index contributed by atoms with van der Waals surface area (Å²) in [5, 5.41) is 3.47. The predicted octanol–water partition coefficient (Wildman–Crippen LogP) is 2.65. The second-order valence-corrected chi connectivity index (χ2v) is 4.42. The Morgan fingerprint density at radius 2 is 2.06 bits per heavy atom. The molecule has 1 atom stereocenters. The summed E-state index contributed by atoms with van der Waals surface area (Å²) in [5.74, 6) is 1.05. The Balaban J connectivity index is 2.31. The summed E-state index contributed by atoms with van der Waals surface area (Å²) in [6.45, 7) is 7.91. The maximum Gasteiger partial charge on any atom is 0.114 e. The largest absolute Gasteiger partial charge is 0.496 e. The monoisotopic (exact) mass is 232 g/mol. The van der Waals surface area contributed by atoms with Crippen LogP contribution in [0.5, 0.6) is 0 Å². The number of ether oxygens (including phenoxy) is 1. The molecule has 0 amide bonds. The number of pyridine rings is 1. The summed E-state index contributed by atoms with van der Waals surface area (Å²) >= 11 is 0. The molecular formula is C14H20N2O. The quantitative estimate of drug-likeness (QED) is 0.866.